The largest absolute Gasteiger partial charge is 0.385 e. The van der Waals surface area contributed by atoms with Gasteiger partial charge in [0.1, 0.15) is 0 Å². The Kier molecular flexibility index (Phi) is 2.75. The molecule has 3 unspecified atom stereocenters. The monoisotopic (exact) mass is 273 g/mol. The van der Waals surface area contributed by atoms with Crippen LogP contribution in [0.3, 0.4) is 0 Å². The average molecular weight is 273 g/mol. The van der Waals surface area contributed by atoms with E-state index in [-0.39, 0.29) is 17.6 Å². The first-order valence-corrected chi connectivity index (χ1v) is 7.84. The van der Waals surface area contributed by atoms with E-state index in [9.17, 15) is 5.11 Å². The van der Waals surface area contributed by atoms with E-state index in [1.54, 1.807) is 0 Å². The summed E-state index contributed by atoms with van der Waals surface area (Å²) in [6.07, 6.45) is 6.18. The van der Waals surface area contributed by atoms with Crippen molar-refractivity contribution in [3.05, 3.63) is 35.4 Å². The van der Waals surface area contributed by atoms with Crippen molar-refractivity contribution < 1.29 is 9.84 Å². The van der Waals surface area contributed by atoms with E-state index in [0.717, 1.165) is 43.4 Å². The second-order valence-electron chi connectivity index (χ2n) is 6.90. The van der Waals surface area contributed by atoms with Crippen LogP contribution in [0.15, 0.2) is 24.3 Å². The predicted molar refractivity (Wildman–Crippen MR) is 77.1 cm³/mol. The molecule has 0 amide bonds. The number of hydrogen-bond donors (Lipinski definition) is 2. The van der Waals surface area contributed by atoms with Gasteiger partial charge < -0.3 is 15.6 Å². The van der Waals surface area contributed by atoms with Gasteiger partial charge in [-0.05, 0) is 55.6 Å². The zero-order valence-electron chi connectivity index (χ0n) is 11.8. The quantitative estimate of drug-likeness (QED) is 0.827. The van der Waals surface area contributed by atoms with Crippen molar-refractivity contribution in [2.45, 2.75) is 55.8 Å². The Morgan fingerprint density at radius 1 is 1.20 bits per heavy atom. The summed E-state index contributed by atoms with van der Waals surface area (Å²) in [5, 5.41) is 11.4. The third kappa shape index (κ3) is 1.70. The predicted octanol–water partition coefficient (Wildman–Crippen LogP) is 2.63. The highest BCUT2D eigenvalue weighted by Gasteiger charge is 2.52. The lowest BCUT2D eigenvalue weighted by atomic mass is 9.66. The Morgan fingerprint density at radius 3 is 2.75 bits per heavy atom. The molecular weight excluding hydrogens is 250 g/mol. The summed E-state index contributed by atoms with van der Waals surface area (Å²) < 4.78 is 6.01. The molecule has 1 aliphatic heterocycles. The van der Waals surface area contributed by atoms with Gasteiger partial charge in [0.05, 0.1) is 11.2 Å². The van der Waals surface area contributed by atoms with Crippen LogP contribution in [0, 0.1) is 5.92 Å². The lowest BCUT2D eigenvalue weighted by Gasteiger charge is -2.50. The van der Waals surface area contributed by atoms with Crippen molar-refractivity contribution in [3.8, 4) is 0 Å². The molecule has 0 bridgehead atoms. The first-order valence-electron chi connectivity index (χ1n) is 7.84. The first kappa shape index (κ1) is 12.8. The summed E-state index contributed by atoms with van der Waals surface area (Å²) in [7, 11) is 0. The third-order valence-electron chi connectivity index (χ3n) is 5.79. The van der Waals surface area contributed by atoms with E-state index in [0.29, 0.717) is 6.42 Å². The van der Waals surface area contributed by atoms with E-state index in [2.05, 4.69) is 12.1 Å². The maximum Gasteiger partial charge on any atom is 0.0947 e. The van der Waals surface area contributed by atoms with Crippen LogP contribution in [0.4, 0.5) is 0 Å². The summed E-state index contributed by atoms with van der Waals surface area (Å²) >= 11 is 0. The van der Waals surface area contributed by atoms with Crippen LogP contribution >= 0.6 is 0 Å². The van der Waals surface area contributed by atoms with Gasteiger partial charge in [-0.3, -0.25) is 0 Å². The van der Waals surface area contributed by atoms with E-state index < -0.39 is 5.60 Å². The number of rotatable bonds is 1. The number of hydrogen-bond acceptors (Lipinski definition) is 3. The van der Waals surface area contributed by atoms with Gasteiger partial charge in [-0.1, -0.05) is 24.3 Å². The van der Waals surface area contributed by atoms with Crippen LogP contribution < -0.4 is 5.73 Å². The van der Waals surface area contributed by atoms with Crippen LogP contribution in [0.5, 0.6) is 0 Å². The highest BCUT2D eigenvalue weighted by molar-refractivity contribution is 5.40. The SMILES string of the molecule is NC1CC(O)(C2CCOC3(CCC3)C2)c2ccccc21. The van der Waals surface area contributed by atoms with E-state index in [1.165, 1.54) is 6.42 Å². The molecule has 2 aliphatic carbocycles. The molecule has 2 fully saturated rings. The van der Waals surface area contributed by atoms with E-state index in [4.69, 9.17) is 10.5 Å². The fourth-order valence-electron chi connectivity index (χ4n) is 4.51. The van der Waals surface area contributed by atoms with Crippen LogP contribution in [-0.2, 0) is 10.3 Å². The summed E-state index contributed by atoms with van der Waals surface area (Å²) in [4.78, 5) is 0. The molecule has 3 nitrogen and oxygen atoms in total. The molecule has 0 radical (unpaired) electrons. The number of nitrogens with two attached hydrogens (primary N) is 1. The molecule has 1 aromatic carbocycles. The number of ether oxygens (including phenoxy) is 1. The van der Waals surface area contributed by atoms with Gasteiger partial charge in [-0.25, -0.2) is 0 Å². The van der Waals surface area contributed by atoms with Gasteiger partial charge in [0.15, 0.2) is 0 Å². The zero-order valence-corrected chi connectivity index (χ0v) is 11.8. The summed E-state index contributed by atoms with van der Waals surface area (Å²) in [6.45, 7) is 0.782. The fourth-order valence-corrected chi connectivity index (χ4v) is 4.51. The van der Waals surface area contributed by atoms with Gasteiger partial charge in [-0.2, -0.15) is 0 Å². The van der Waals surface area contributed by atoms with Crippen LogP contribution in [0.25, 0.3) is 0 Å². The maximum atomic E-state index is 11.4. The molecule has 20 heavy (non-hydrogen) atoms. The van der Waals surface area contributed by atoms with E-state index in [1.807, 2.05) is 12.1 Å². The zero-order chi connectivity index (χ0) is 13.8. The molecule has 1 spiro atoms. The molecule has 0 aromatic heterocycles. The standard InChI is InChI=1S/C17H23NO2/c18-15-11-17(19,14-5-2-1-4-13(14)15)12-6-9-20-16(10-12)7-3-8-16/h1-2,4-5,12,15,19H,3,6-11,18H2. The second-order valence-corrected chi connectivity index (χ2v) is 6.90. The van der Waals surface area contributed by atoms with Gasteiger partial charge in [0, 0.05) is 12.6 Å². The minimum atomic E-state index is -0.748. The molecule has 3 aliphatic rings. The molecule has 3 heteroatoms. The molecule has 108 valence electrons. The lowest BCUT2D eigenvalue weighted by Crippen LogP contribution is -2.50. The molecule has 3 N–H and O–H groups in total. The topological polar surface area (TPSA) is 55.5 Å². The Balaban J connectivity index is 1.67. The summed E-state index contributed by atoms with van der Waals surface area (Å²) in [5.74, 6) is 0.284. The molecule has 1 saturated carbocycles. The second kappa shape index (κ2) is 4.30. The molecule has 1 heterocycles. The Labute approximate surface area is 120 Å². The smallest absolute Gasteiger partial charge is 0.0947 e. The van der Waals surface area contributed by atoms with Gasteiger partial charge in [0.2, 0.25) is 0 Å². The Morgan fingerprint density at radius 2 is 2.00 bits per heavy atom. The summed E-state index contributed by atoms with van der Waals surface area (Å²) in [5.41, 5.74) is 7.77. The molecule has 1 saturated heterocycles. The normalized spacial score (nSPS) is 38.5. The number of benzene rings is 1. The lowest BCUT2D eigenvalue weighted by molar-refractivity contribution is -0.178. The highest BCUT2D eigenvalue weighted by Crippen LogP contribution is 2.54. The molecular formula is C17H23NO2. The third-order valence-corrected chi connectivity index (χ3v) is 5.79. The van der Waals surface area contributed by atoms with E-state index >= 15 is 0 Å². The molecule has 4 rings (SSSR count). The Hall–Kier alpha value is -0.900. The first-order chi connectivity index (χ1) is 9.63. The molecule has 1 aromatic rings. The van der Waals surface area contributed by atoms with Crippen molar-refractivity contribution in [3.63, 3.8) is 0 Å². The minimum absolute atomic E-state index is 0.0311. The van der Waals surface area contributed by atoms with Crippen LogP contribution in [0.1, 0.15) is 55.7 Å². The van der Waals surface area contributed by atoms with Crippen molar-refractivity contribution in [1.29, 1.82) is 0 Å². The van der Waals surface area contributed by atoms with Crippen molar-refractivity contribution in [2.24, 2.45) is 11.7 Å². The van der Waals surface area contributed by atoms with Gasteiger partial charge in [-0.15, -0.1) is 0 Å². The van der Waals surface area contributed by atoms with Crippen LogP contribution in [-0.4, -0.2) is 17.3 Å². The number of fused-ring (bicyclic) bond motifs is 1. The number of aliphatic hydroxyl groups is 1. The van der Waals surface area contributed by atoms with Crippen molar-refractivity contribution >= 4 is 0 Å². The van der Waals surface area contributed by atoms with Crippen LogP contribution in [0.2, 0.25) is 0 Å². The van der Waals surface area contributed by atoms with Crippen molar-refractivity contribution in [1.82, 2.24) is 0 Å². The molecule has 3 atom stereocenters. The minimum Gasteiger partial charge on any atom is -0.385 e. The van der Waals surface area contributed by atoms with Crippen molar-refractivity contribution in [2.75, 3.05) is 6.61 Å². The fraction of sp³-hybridized carbons (Fsp3) is 0.647. The average Bonchev–Trinajstić information content (AvgIpc) is 2.71. The van der Waals surface area contributed by atoms with Gasteiger partial charge in [0.25, 0.3) is 0 Å². The van der Waals surface area contributed by atoms with Gasteiger partial charge >= 0.3 is 0 Å². The summed E-state index contributed by atoms with van der Waals surface area (Å²) in [6, 6.07) is 8.13. The maximum absolute atomic E-state index is 11.4. The Bertz CT molecular complexity index is 525. The highest BCUT2D eigenvalue weighted by atomic mass is 16.5.